The lowest BCUT2D eigenvalue weighted by molar-refractivity contribution is -0.144. The van der Waals surface area contributed by atoms with Gasteiger partial charge in [-0.2, -0.15) is 13.2 Å². The molecule has 0 aliphatic heterocycles. The van der Waals surface area contributed by atoms with Crippen LogP contribution in [-0.4, -0.2) is 16.1 Å². The number of nitrogens with zero attached hydrogens (tertiary/aromatic N) is 1. The maximum atomic E-state index is 12.5. The molecule has 100 valence electrons. The number of pyridine rings is 1. The summed E-state index contributed by atoms with van der Waals surface area (Å²) in [5.74, 6) is -1.41. The normalized spacial score (nSPS) is 11.9. The predicted octanol–water partition coefficient (Wildman–Crippen LogP) is 3.43. The Morgan fingerprint density at radius 2 is 2.00 bits per heavy atom. The maximum absolute atomic E-state index is 12.5. The minimum absolute atomic E-state index is 0.453. The Kier molecular flexibility index (Phi) is 4.25. The van der Waals surface area contributed by atoms with Gasteiger partial charge in [-0.05, 0) is 6.07 Å². The molecule has 0 fully saturated rings. The Bertz CT molecular complexity index is 475. The Labute approximate surface area is 106 Å². The number of carboxylic acids is 1. The van der Waals surface area contributed by atoms with Crippen LogP contribution in [0.25, 0.3) is 0 Å². The van der Waals surface area contributed by atoms with Crippen molar-refractivity contribution in [2.24, 2.45) is 0 Å². The highest BCUT2D eigenvalue weighted by atomic mass is 79.9. The molecule has 1 heterocycles. The maximum Gasteiger partial charge on any atom is 0.433 e. The van der Waals surface area contributed by atoms with Crippen LogP contribution in [0.15, 0.2) is 10.5 Å². The van der Waals surface area contributed by atoms with Crippen LogP contribution in [0, 0.1) is 0 Å². The van der Waals surface area contributed by atoms with E-state index in [0.29, 0.717) is 0 Å². The molecule has 9 heteroatoms. The zero-order valence-electron chi connectivity index (χ0n) is 8.43. The van der Waals surface area contributed by atoms with Crippen molar-refractivity contribution in [3.8, 4) is 0 Å². The summed E-state index contributed by atoms with van der Waals surface area (Å²) < 4.78 is 62.2. The molecular formula is C9H5BrF5NO2. The van der Waals surface area contributed by atoms with Crippen molar-refractivity contribution in [2.45, 2.75) is 19.0 Å². The van der Waals surface area contributed by atoms with Gasteiger partial charge in [-0.15, -0.1) is 0 Å². The van der Waals surface area contributed by atoms with Crippen molar-refractivity contribution < 1.29 is 31.9 Å². The Hall–Kier alpha value is -1.25. The highest BCUT2D eigenvalue weighted by Gasteiger charge is 2.39. The van der Waals surface area contributed by atoms with Crippen molar-refractivity contribution in [2.75, 3.05) is 0 Å². The summed E-state index contributed by atoms with van der Waals surface area (Å²) in [5, 5.41) is 8.45. The molecule has 1 aromatic heterocycles. The molecule has 0 atom stereocenters. The van der Waals surface area contributed by atoms with E-state index in [1.807, 2.05) is 0 Å². The third-order valence-corrected chi connectivity index (χ3v) is 2.54. The highest BCUT2D eigenvalue weighted by Crippen LogP contribution is 2.39. The predicted molar refractivity (Wildman–Crippen MR) is 53.2 cm³/mol. The second-order valence-electron chi connectivity index (χ2n) is 3.23. The molecule has 0 spiro atoms. The summed E-state index contributed by atoms with van der Waals surface area (Å²) in [6, 6.07) is 0.838. The van der Waals surface area contributed by atoms with Gasteiger partial charge in [0.15, 0.2) is 5.69 Å². The quantitative estimate of drug-likeness (QED) is 0.862. The van der Waals surface area contributed by atoms with Crippen molar-refractivity contribution in [3.05, 3.63) is 27.5 Å². The molecule has 1 rings (SSSR count). The van der Waals surface area contributed by atoms with Gasteiger partial charge in [-0.3, -0.25) is 4.79 Å². The molecule has 0 aromatic carbocycles. The Balaban J connectivity index is 3.42. The SMILES string of the molecule is O=C(O)Cc1cc(Br)c(C(F)F)c(C(F)(F)F)n1. The minimum Gasteiger partial charge on any atom is -0.481 e. The zero-order chi connectivity index (χ0) is 14.1. The van der Waals surface area contributed by atoms with Gasteiger partial charge in [-0.1, -0.05) is 15.9 Å². The van der Waals surface area contributed by atoms with Crippen molar-refractivity contribution in [1.29, 1.82) is 0 Å². The molecule has 0 aliphatic carbocycles. The third kappa shape index (κ3) is 3.37. The van der Waals surface area contributed by atoms with E-state index >= 15 is 0 Å². The topological polar surface area (TPSA) is 50.2 Å². The van der Waals surface area contributed by atoms with E-state index in [2.05, 4.69) is 20.9 Å². The van der Waals surface area contributed by atoms with E-state index in [1.54, 1.807) is 0 Å². The molecule has 3 nitrogen and oxygen atoms in total. The number of carboxylic acid groups (broad SMARTS) is 1. The van der Waals surface area contributed by atoms with E-state index in [9.17, 15) is 26.7 Å². The van der Waals surface area contributed by atoms with Crippen LogP contribution in [0.3, 0.4) is 0 Å². The minimum atomic E-state index is -5.08. The van der Waals surface area contributed by atoms with Crippen molar-refractivity contribution in [1.82, 2.24) is 4.98 Å². The molecule has 0 unspecified atom stereocenters. The highest BCUT2D eigenvalue weighted by molar-refractivity contribution is 9.10. The van der Waals surface area contributed by atoms with Gasteiger partial charge in [0.2, 0.25) is 0 Å². The van der Waals surface area contributed by atoms with Crippen LogP contribution in [0.4, 0.5) is 22.0 Å². The van der Waals surface area contributed by atoms with Gasteiger partial charge >= 0.3 is 12.1 Å². The van der Waals surface area contributed by atoms with Gasteiger partial charge in [-0.25, -0.2) is 13.8 Å². The second kappa shape index (κ2) is 5.17. The lowest BCUT2D eigenvalue weighted by Gasteiger charge is -2.14. The Morgan fingerprint density at radius 1 is 1.44 bits per heavy atom. The van der Waals surface area contributed by atoms with Crippen molar-refractivity contribution >= 4 is 21.9 Å². The molecule has 1 aromatic rings. The summed E-state index contributed by atoms with van der Waals surface area (Å²) >= 11 is 2.57. The summed E-state index contributed by atoms with van der Waals surface area (Å²) in [6.45, 7) is 0. The molecule has 0 saturated carbocycles. The first-order valence-electron chi connectivity index (χ1n) is 4.39. The number of hydrogen-bond donors (Lipinski definition) is 1. The summed E-state index contributed by atoms with van der Waals surface area (Å²) in [7, 11) is 0. The number of aliphatic carboxylic acids is 1. The fourth-order valence-electron chi connectivity index (χ4n) is 1.24. The van der Waals surface area contributed by atoms with Gasteiger partial charge in [0.25, 0.3) is 6.43 Å². The molecular weight excluding hydrogens is 329 g/mol. The molecule has 0 amide bonds. The van der Waals surface area contributed by atoms with Crippen LogP contribution in [0.5, 0.6) is 0 Å². The van der Waals surface area contributed by atoms with E-state index < -0.39 is 46.4 Å². The molecule has 18 heavy (non-hydrogen) atoms. The van der Waals surface area contributed by atoms with Crippen molar-refractivity contribution in [3.63, 3.8) is 0 Å². The number of aromatic nitrogens is 1. The number of hydrogen-bond acceptors (Lipinski definition) is 2. The fraction of sp³-hybridized carbons (Fsp3) is 0.333. The number of halogens is 6. The average molecular weight is 334 g/mol. The molecule has 1 N–H and O–H groups in total. The van der Waals surface area contributed by atoms with E-state index in [-0.39, 0.29) is 0 Å². The van der Waals surface area contributed by atoms with Crippen LogP contribution >= 0.6 is 15.9 Å². The fourth-order valence-corrected chi connectivity index (χ4v) is 1.87. The molecule has 0 saturated heterocycles. The number of alkyl halides is 5. The smallest absolute Gasteiger partial charge is 0.433 e. The van der Waals surface area contributed by atoms with Gasteiger partial charge < -0.3 is 5.11 Å². The van der Waals surface area contributed by atoms with Gasteiger partial charge in [0.1, 0.15) is 0 Å². The largest absolute Gasteiger partial charge is 0.481 e. The lowest BCUT2D eigenvalue weighted by atomic mass is 10.1. The van der Waals surface area contributed by atoms with Crippen LogP contribution < -0.4 is 0 Å². The molecule has 0 bridgehead atoms. The first kappa shape index (κ1) is 14.8. The first-order chi connectivity index (χ1) is 8.12. The van der Waals surface area contributed by atoms with Crippen LogP contribution in [-0.2, 0) is 17.4 Å². The summed E-state index contributed by atoms with van der Waals surface area (Å²) in [5.41, 5.74) is -3.52. The number of rotatable bonds is 3. The molecule has 0 aliphatic rings. The van der Waals surface area contributed by atoms with Crippen LogP contribution in [0.1, 0.15) is 23.4 Å². The van der Waals surface area contributed by atoms with Gasteiger partial charge in [0, 0.05) is 4.47 Å². The third-order valence-electron chi connectivity index (χ3n) is 1.88. The second-order valence-corrected chi connectivity index (χ2v) is 4.08. The van der Waals surface area contributed by atoms with Crippen LogP contribution in [0.2, 0.25) is 0 Å². The standard InChI is InChI=1S/C9H5BrF5NO2/c10-4-1-3(2-5(17)18)16-7(9(13,14)15)6(4)8(11)12/h1,8H,2H2,(H,17,18). The average Bonchev–Trinajstić information content (AvgIpc) is 2.12. The summed E-state index contributed by atoms with van der Waals surface area (Å²) in [6.07, 6.45) is -9.24. The Morgan fingerprint density at radius 3 is 2.39 bits per heavy atom. The number of carbonyl (C=O) groups is 1. The zero-order valence-corrected chi connectivity index (χ0v) is 10.0. The lowest BCUT2D eigenvalue weighted by Crippen LogP contribution is -2.16. The van der Waals surface area contributed by atoms with E-state index in [0.717, 1.165) is 6.07 Å². The summed E-state index contributed by atoms with van der Waals surface area (Å²) in [4.78, 5) is 13.3. The van der Waals surface area contributed by atoms with E-state index in [4.69, 9.17) is 5.11 Å². The molecule has 0 radical (unpaired) electrons. The van der Waals surface area contributed by atoms with E-state index in [1.165, 1.54) is 0 Å². The monoisotopic (exact) mass is 333 g/mol. The first-order valence-corrected chi connectivity index (χ1v) is 5.18. The van der Waals surface area contributed by atoms with Gasteiger partial charge in [0.05, 0.1) is 17.7 Å².